The van der Waals surface area contributed by atoms with Gasteiger partial charge in [0.15, 0.2) is 0 Å². The van der Waals surface area contributed by atoms with Crippen LogP contribution in [-0.2, 0) is 5.41 Å². The van der Waals surface area contributed by atoms with E-state index < -0.39 is 0 Å². The molecule has 2 nitrogen and oxygen atoms in total. The number of nitrogens with two attached hydrogens (primary N) is 1. The van der Waals surface area contributed by atoms with Crippen LogP contribution in [0.2, 0.25) is 0 Å². The molecular formula is C16H26N2. The van der Waals surface area contributed by atoms with Gasteiger partial charge in [-0.1, -0.05) is 39.0 Å². The van der Waals surface area contributed by atoms with Gasteiger partial charge in [-0.3, -0.25) is 0 Å². The average Bonchev–Trinajstić information content (AvgIpc) is 2.28. The van der Waals surface area contributed by atoms with E-state index >= 15 is 0 Å². The number of anilines is 1. The lowest BCUT2D eigenvalue weighted by molar-refractivity contribution is 0.363. The third-order valence-electron chi connectivity index (χ3n) is 3.96. The van der Waals surface area contributed by atoms with E-state index in [2.05, 4.69) is 56.9 Å². The lowest BCUT2D eigenvalue weighted by Crippen LogP contribution is -2.48. The Morgan fingerprint density at radius 1 is 1.11 bits per heavy atom. The third kappa shape index (κ3) is 2.86. The van der Waals surface area contributed by atoms with Gasteiger partial charge in [0.2, 0.25) is 0 Å². The Hall–Kier alpha value is -1.02. The van der Waals surface area contributed by atoms with Crippen molar-refractivity contribution in [3.05, 3.63) is 29.8 Å². The van der Waals surface area contributed by atoms with Crippen molar-refractivity contribution < 1.29 is 0 Å². The van der Waals surface area contributed by atoms with Gasteiger partial charge in [0, 0.05) is 24.3 Å². The Morgan fingerprint density at radius 2 is 1.67 bits per heavy atom. The van der Waals surface area contributed by atoms with Crippen LogP contribution in [0.15, 0.2) is 24.3 Å². The van der Waals surface area contributed by atoms with Crippen LogP contribution < -0.4 is 10.6 Å². The van der Waals surface area contributed by atoms with E-state index in [1.165, 1.54) is 11.3 Å². The Bertz CT molecular complexity index is 405. The van der Waals surface area contributed by atoms with Crippen molar-refractivity contribution in [1.29, 1.82) is 0 Å². The molecule has 2 heteroatoms. The standard InChI is InChI=1S/C16H26N2/c1-15(2,3)13-7-5-6-8-14(13)18-11-9-16(4,17)10-12-18/h5-8H,9-12,17H2,1-4H3. The van der Waals surface area contributed by atoms with Crippen LogP contribution in [0.3, 0.4) is 0 Å². The summed E-state index contributed by atoms with van der Waals surface area (Å²) in [7, 11) is 0. The van der Waals surface area contributed by atoms with Gasteiger partial charge in [0.1, 0.15) is 0 Å². The maximum atomic E-state index is 6.22. The van der Waals surface area contributed by atoms with E-state index in [1.54, 1.807) is 0 Å². The van der Waals surface area contributed by atoms with Gasteiger partial charge >= 0.3 is 0 Å². The summed E-state index contributed by atoms with van der Waals surface area (Å²) in [6.45, 7) is 11.1. The molecule has 1 aromatic rings. The molecule has 0 amide bonds. The second-order valence-electron chi connectivity index (χ2n) is 6.91. The molecule has 1 fully saturated rings. The fourth-order valence-electron chi connectivity index (χ4n) is 2.64. The van der Waals surface area contributed by atoms with Crippen LogP contribution in [0.25, 0.3) is 0 Å². The number of hydrogen-bond donors (Lipinski definition) is 1. The van der Waals surface area contributed by atoms with Crippen LogP contribution in [-0.4, -0.2) is 18.6 Å². The zero-order valence-electron chi connectivity index (χ0n) is 12.2. The van der Waals surface area contributed by atoms with Crippen molar-refractivity contribution in [3.8, 4) is 0 Å². The maximum absolute atomic E-state index is 6.22. The Morgan fingerprint density at radius 3 is 2.22 bits per heavy atom. The number of nitrogens with zero attached hydrogens (tertiary/aromatic N) is 1. The summed E-state index contributed by atoms with van der Waals surface area (Å²) in [5, 5.41) is 0. The fraction of sp³-hybridized carbons (Fsp3) is 0.625. The van der Waals surface area contributed by atoms with Gasteiger partial charge in [-0.15, -0.1) is 0 Å². The molecular weight excluding hydrogens is 220 g/mol. The molecule has 2 N–H and O–H groups in total. The minimum Gasteiger partial charge on any atom is -0.371 e. The molecule has 1 aliphatic heterocycles. The van der Waals surface area contributed by atoms with E-state index in [0.717, 1.165) is 25.9 Å². The van der Waals surface area contributed by atoms with E-state index in [-0.39, 0.29) is 11.0 Å². The summed E-state index contributed by atoms with van der Waals surface area (Å²) in [6, 6.07) is 8.78. The molecule has 1 heterocycles. The minimum atomic E-state index is 0.0210. The van der Waals surface area contributed by atoms with Crippen LogP contribution in [0.5, 0.6) is 0 Å². The van der Waals surface area contributed by atoms with E-state index in [0.29, 0.717) is 0 Å². The molecule has 0 spiro atoms. The largest absolute Gasteiger partial charge is 0.371 e. The van der Waals surface area contributed by atoms with Crippen molar-refractivity contribution in [2.45, 2.75) is 51.5 Å². The Labute approximate surface area is 111 Å². The maximum Gasteiger partial charge on any atom is 0.0404 e. The summed E-state index contributed by atoms with van der Waals surface area (Å²) in [5.41, 5.74) is 9.26. The van der Waals surface area contributed by atoms with Gasteiger partial charge in [-0.2, -0.15) is 0 Å². The highest BCUT2D eigenvalue weighted by molar-refractivity contribution is 5.56. The molecule has 0 aliphatic carbocycles. The SMILES string of the molecule is CC1(N)CCN(c2ccccc2C(C)(C)C)CC1. The predicted octanol–water partition coefficient (Wildman–Crippen LogP) is 3.30. The summed E-state index contributed by atoms with van der Waals surface area (Å²) in [4.78, 5) is 2.50. The lowest BCUT2D eigenvalue weighted by Gasteiger charge is -2.40. The Kier molecular flexibility index (Phi) is 3.41. The molecule has 100 valence electrons. The zero-order chi connectivity index (χ0) is 13.4. The first-order valence-electron chi connectivity index (χ1n) is 6.93. The molecule has 1 aliphatic rings. The van der Waals surface area contributed by atoms with Gasteiger partial charge in [-0.25, -0.2) is 0 Å². The topological polar surface area (TPSA) is 29.3 Å². The van der Waals surface area contributed by atoms with E-state index in [4.69, 9.17) is 5.73 Å². The van der Waals surface area contributed by atoms with Crippen molar-refractivity contribution >= 4 is 5.69 Å². The average molecular weight is 246 g/mol. The molecule has 2 rings (SSSR count). The molecule has 0 saturated carbocycles. The highest BCUT2D eigenvalue weighted by Crippen LogP contribution is 2.34. The van der Waals surface area contributed by atoms with E-state index in [1.807, 2.05) is 0 Å². The van der Waals surface area contributed by atoms with Crippen molar-refractivity contribution in [2.75, 3.05) is 18.0 Å². The number of benzene rings is 1. The van der Waals surface area contributed by atoms with Gasteiger partial charge in [0.05, 0.1) is 0 Å². The quantitative estimate of drug-likeness (QED) is 0.824. The van der Waals surface area contributed by atoms with Crippen molar-refractivity contribution in [2.24, 2.45) is 5.73 Å². The first kappa shape index (κ1) is 13.4. The summed E-state index contributed by atoms with van der Waals surface area (Å²) in [6.07, 6.45) is 2.15. The first-order chi connectivity index (χ1) is 8.30. The third-order valence-corrected chi connectivity index (χ3v) is 3.96. The molecule has 0 bridgehead atoms. The first-order valence-corrected chi connectivity index (χ1v) is 6.93. The highest BCUT2D eigenvalue weighted by atomic mass is 15.1. The normalized spacial score (nSPS) is 19.9. The van der Waals surface area contributed by atoms with Crippen molar-refractivity contribution in [3.63, 3.8) is 0 Å². The second kappa shape index (κ2) is 4.58. The number of hydrogen-bond acceptors (Lipinski definition) is 2. The highest BCUT2D eigenvalue weighted by Gasteiger charge is 2.28. The number of piperidine rings is 1. The summed E-state index contributed by atoms with van der Waals surface area (Å²) in [5.74, 6) is 0. The molecule has 0 unspecified atom stereocenters. The minimum absolute atomic E-state index is 0.0210. The van der Waals surface area contributed by atoms with Crippen LogP contribution in [0.1, 0.15) is 46.1 Å². The Balaban J connectivity index is 2.25. The molecule has 1 aromatic carbocycles. The number of rotatable bonds is 1. The summed E-state index contributed by atoms with van der Waals surface area (Å²) >= 11 is 0. The summed E-state index contributed by atoms with van der Waals surface area (Å²) < 4.78 is 0. The smallest absolute Gasteiger partial charge is 0.0404 e. The van der Waals surface area contributed by atoms with Gasteiger partial charge in [-0.05, 0) is 36.8 Å². The van der Waals surface area contributed by atoms with Crippen molar-refractivity contribution in [1.82, 2.24) is 0 Å². The molecule has 18 heavy (non-hydrogen) atoms. The number of para-hydroxylation sites is 1. The molecule has 0 atom stereocenters. The lowest BCUT2D eigenvalue weighted by atomic mass is 9.84. The molecule has 0 aromatic heterocycles. The predicted molar refractivity (Wildman–Crippen MR) is 79.2 cm³/mol. The second-order valence-corrected chi connectivity index (χ2v) is 6.91. The van der Waals surface area contributed by atoms with Crippen LogP contribution in [0, 0.1) is 0 Å². The van der Waals surface area contributed by atoms with E-state index in [9.17, 15) is 0 Å². The fourth-order valence-corrected chi connectivity index (χ4v) is 2.64. The van der Waals surface area contributed by atoms with Gasteiger partial charge < -0.3 is 10.6 Å². The van der Waals surface area contributed by atoms with Crippen LogP contribution in [0.4, 0.5) is 5.69 Å². The zero-order valence-corrected chi connectivity index (χ0v) is 12.2. The van der Waals surface area contributed by atoms with Gasteiger partial charge in [0.25, 0.3) is 0 Å². The van der Waals surface area contributed by atoms with Crippen LogP contribution >= 0.6 is 0 Å². The monoisotopic (exact) mass is 246 g/mol. The molecule has 1 saturated heterocycles. The molecule has 0 radical (unpaired) electrons.